The van der Waals surface area contributed by atoms with Crippen LogP contribution in [0.5, 0.6) is 0 Å². The lowest BCUT2D eigenvalue weighted by Crippen LogP contribution is -2.54. The first-order valence-corrected chi connectivity index (χ1v) is 10.3. The highest BCUT2D eigenvalue weighted by Gasteiger charge is 2.32. The number of nitrogens with zero attached hydrogens (tertiary/aromatic N) is 1. The monoisotopic (exact) mass is 402 g/mol. The first-order chi connectivity index (χ1) is 12.2. The molecule has 2 atom stereocenters. The highest BCUT2D eigenvalue weighted by Crippen LogP contribution is 2.22. The summed E-state index contributed by atoms with van der Waals surface area (Å²) in [6, 6.07) is 6.74. The fraction of sp³-hybridized carbons (Fsp3) is 0.611. The van der Waals surface area contributed by atoms with Gasteiger partial charge >= 0.3 is 6.09 Å². The molecule has 26 heavy (non-hydrogen) atoms. The number of halogens is 1. The van der Waals surface area contributed by atoms with E-state index in [4.69, 9.17) is 16.3 Å². The maximum absolute atomic E-state index is 12.5. The van der Waals surface area contributed by atoms with Gasteiger partial charge in [0.2, 0.25) is 0 Å². The quantitative estimate of drug-likeness (QED) is 0.732. The second-order valence-electron chi connectivity index (χ2n) is 7.45. The van der Waals surface area contributed by atoms with Gasteiger partial charge in [0.25, 0.3) is 0 Å². The fourth-order valence-corrected chi connectivity index (χ4v) is 4.23. The van der Waals surface area contributed by atoms with Crippen molar-refractivity contribution in [3.8, 4) is 0 Å². The van der Waals surface area contributed by atoms with Gasteiger partial charge in [-0.15, -0.1) is 0 Å². The van der Waals surface area contributed by atoms with E-state index in [1.165, 1.54) is 0 Å². The van der Waals surface area contributed by atoms with Gasteiger partial charge in [-0.1, -0.05) is 11.6 Å². The minimum atomic E-state index is -1.05. The number of rotatable bonds is 7. The summed E-state index contributed by atoms with van der Waals surface area (Å²) in [5, 5.41) is 12.9. The summed E-state index contributed by atoms with van der Waals surface area (Å²) in [6.45, 7) is 7.42. The van der Waals surface area contributed by atoms with Crippen LogP contribution in [0.4, 0.5) is 4.79 Å². The van der Waals surface area contributed by atoms with Gasteiger partial charge in [-0.2, -0.15) is 0 Å². The largest absolute Gasteiger partial charge is 0.444 e. The first kappa shape index (κ1) is 21.2. The van der Waals surface area contributed by atoms with Gasteiger partial charge in [0.1, 0.15) is 5.60 Å². The molecule has 0 saturated carbocycles. The van der Waals surface area contributed by atoms with Gasteiger partial charge in [0.15, 0.2) is 0 Å². The summed E-state index contributed by atoms with van der Waals surface area (Å²) in [4.78, 5) is 14.7. The Bertz CT molecular complexity index is 627. The minimum absolute atomic E-state index is 0.0996. The Balaban J connectivity index is 1.71. The van der Waals surface area contributed by atoms with Gasteiger partial charge in [-0.05, 0) is 51.5 Å². The third-order valence-corrected chi connectivity index (χ3v) is 5.90. The fourth-order valence-electron chi connectivity index (χ4n) is 2.62. The zero-order valence-electron chi connectivity index (χ0n) is 15.4. The average Bonchev–Trinajstić information content (AvgIpc) is 2.50. The molecule has 1 aliphatic heterocycles. The predicted molar refractivity (Wildman–Crippen MR) is 103 cm³/mol. The average molecular weight is 403 g/mol. The van der Waals surface area contributed by atoms with E-state index in [0.29, 0.717) is 11.4 Å². The second-order valence-corrected chi connectivity index (χ2v) is 9.62. The zero-order valence-corrected chi connectivity index (χ0v) is 17.0. The van der Waals surface area contributed by atoms with Crippen LogP contribution in [0.1, 0.15) is 27.2 Å². The molecule has 1 fully saturated rings. The molecule has 1 aliphatic rings. The molecular weight excluding hydrogens is 376 g/mol. The topological polar surface area (TPSA) is 78.9 Å². The Hall–Kier alpha value is -1.15. The molecule has 0 radical (unpaired) electrons. The lowest BCUT2D eigenvalue weighted by molar-refractivity contribution is 0.0470. The Morgan fingerprint density at radius 1 is 1.38 bits per heavy atom. The first-order valence-electron chi connectivity index (χ1n) is 8.67. The number of alkyl carbamates (subject to hydrolysis) is 1. The zero-order chi connectivity index (χ0) is 19.3. The van der Waals surface area contributed by atoms with Gasteiger partial charge in [0.05, 0.1) is 28.7 Å². The van der Waals surface area contributed by atoms with E-state index in [1.807, 2.05) is 0 Å². The molecule has 8 heteroatoms. The van der Waals surface area contributed by atoms with Crippen molar-refractivity contribution in [1.29, 1.82) is 0 Å². The lowest BCUT2D eigenvalue weighted by atomic mass is 10.1. The van der Waals surface area contributed by atoms with Crippen LogP contribution in [-0.4, -0.2) is 63.4 Å². The van der Waals surface area contributed by atoms with Crippen LogP contribution in [0, 0.1) is 0 Å². The van der Waals surface area contributed by atoms with E-state index in [2.05, 4.69) is 10.2 Å². The number of aliphatic hydroxyl groups excluding tert-OH is 1. The molecule has 1 heterocycles. The number of ether oxygens (including phenoxy) is 1. The molecule has 2 rings (SSSR count). The van der Waals surface area contributed by atoms with E-state index in [1.54, 1.807) is 45.0 Å². The maximum atomic E-state index is 12.5. The second kappa shape index (κ2) is 9.17. The molecular formula is C18H27ClN2O4S. The van der Waals surface area contributed by atoms with Crippen molar-refractivity contribution in [1.82, 2.24) is 10.2 Å². The van der Waals surface area contributed by atoms with E-state index in [9.17, 15) is 14.1 Å². The molecule has 146 valence electrons. The highest BCUT2D eigenvalue weighted by atomic mass is 35.5. The van der Waals surface area contributed by atoms with Crippen molar-refractivity contribution in [2.24, 2.45) is 0 Å². The Morgan fingerprint density at radius 3 is 2.54 bits per heavy atom. The van der Waals surface area contributed by atoms with Crippen LogP contribution in [0.3, 0.4) is 0 Å². The van der Waals surface area contributed by atoms with Crippen LogP contribution in [0.25, 0.3) is 0 Å². The number of nitrogens with one attached hydrogen (secondary N) is 1. The number of carbonyl (C=O) groups is 1. The Kier molecular flexibility index (Phi) is 7.46. The summed E-state index contributed by atoms with van der Waals surface area (Å²) >= 11 is 5.86. The van der Waals surface area contributed by atoms with E-state index in [0.717, 1.165) is 24.5 Å². The maximum Gasteiger partial charge on any atom is 0.407 e. The van der Waals surface area contributed by atoms with Crippen LogP contribution < -0.4 is 5.32 Å². The smallest absolute Gasteiger partial charge is 0.407 e. The van der Waals surface area contributed by atoms with Gasteiger partial charge in [-0.25, -0.2) is 4.79 Å². The summed E-state index contributed by atoms with van der Waals surface area (Å²) in [6.07, 6.45) is 0.0811. The predicted octanol–water partition coefficient (Wildman–Crippen LogP) is 2.41. The van der Waals surface area contributed by atoms with Crippen LogP contribution in [0.2, 0.25) is 5.02 Å². The number of amides is 1. The van der Waals surface area contributed by atoms with Crippen LogP contribution in [-0.2, 0) is 15.5 Å². The third-order valence-electron chi connectivity index (χ3n) is 4.01. The molecule has 0 aromatic heterocycles. The Labute approximate surface area is 162 Å². The molecule has 6 nitrogen and oxygen atoms in total. The number of carbonyl (C=O) groups excluding carboxylic acids is 1. The summed E-state index contributed by atoms with van der Waals surface area (Å²) < 4.78 is 17.7. The standard InChI is InChI=1S/C18H27ClN2O4S/c1-18(2,3)25-17(23)20-14(12-22)8-9-21-10-16(11-21)26(24)15-6-4-13(19)5-7-15/h4-7,14,16,22H,8-12H2,1-3H3,(H,20,23). The summed E-state index contributed by atoms with van der Waals surface area (Å²) in [5.41, 5.74) is -0.569. The third kappa shape index (κ3) is 6.54. The van der Waals surface area contributed by atoms with Crippen molar-refractivity contribution in [2.45, 2.75) is 49.0 Å². The Morgan fingerprint density at radius 2 is 2.00 bits per heavy atom. The number of likely N-dealkylation sites (tertiary alicyclic amines) is 1. The molecule has 1 aromatic carbocycles. The number of benzene rings is 1. The lowest BCUT2D eigenvalue weighted by Gasteiger charge is -2.39. The van der Waals surface area contributed by atoms with E-state index in [-0.39, 0.29) is 17.9 Å². The molecule has 2 N–H and O–H groups in total. The molecule has 0 aliphatic carbocycles. The number of aliphatic hydroxyl groups is 1. The molecule has 1 saturated heterocycles. The van der Waals surface area contributed by atoms with Crippen molar-refractivity contribution >= 4 is 28.5 Å². The molecule has 0 bridgehead atoms. The van der Waals surface area contributed by atoms with Crippen LogP contribution >= 0.6 is 11.6 Å². The van der Waals surface area contributed by atoms with Gasteiger partial charge < -0.3 is 20.1 Å². The van der Waals surface area contributed by atoms with Gasteiger partial charge in [0, 0.05) is 29.6 Å². The molecule has 1 aromatic rings. The molecule has 1 amide bonds. The van der Waals surface area contributed by atoms with Crippen molar-refractivity contribution < 1.29 is 18.8 Å². The van der Waals surface area contributed by atoms with Crippen molar-refractivity contribution in [3.63, 3.8) is 0 Å². The van der Waals surface area contributed by atoms with Crippen LogP contribution in [0.15, 0.2) is 29.2 Å². The van der Waals surface area contributed by atoms with E-state index >= 15 is 0 Å². The number of hydrogen-bond donors (Lipinski definition) is 2. The SMILES string of the molecule is CC(C)(C)OC(=O)NC(CO)CCN1CC(S(=O)c2ccc(Cl)cc2)C1. The minimum Gasteiger partial charge on any atom is -0.444 e. The highest BCUT2D eigenvalue weighted by molar-refractivity contribution is 7.85. The number of hydrogen-bond acceptors (Lipinski definition) is 5. The van der Waals surface area contributed by atoms with E-state index < -0.39 is 22.5 Å². The van der Waals surface area contributed by atoms with Crippen molar-refractivity contribution in [3.05, 3.63) is 29.3 Å². The van der Waals surface area contributed by atoms with Gasteiger partial charge in [-0.3, -0.25) is 4.21 Å². The molecule has 2 unspecified atom stereocenters. The molecule has 0 spiro atoms. The normalized spacial score (nSPS) is 18.0. The summed E-state index contributed by atoms with van der Waals surface area (Å²) in [7, 11) is -1.05. The summed E-state index contributed by atoms with van der Waals surface area (Å²) in [5.74, 6) is 0. The van der Waals surface area contributed by atoms with Crippen molar-refractivity contribution in [2.75, 3.05) is 26.2 Å².